The molecule has 0 aliphatic heterocycles. The average molecular weight is 269 g/mol. The van der Waals surface area contributed by atoms with Crippen molar-refractivity contribution in [2.24, 2.45) is 0 Å². The SMILES string of the molecule is CC(Nc1ccc(C#N)c(Br)c1)C(=O)O. The summed E-state index contributed by atoms with van der Waals surface area (Å²) >= 11 is 3.22. The largest absolute Gasteiger partial charge is 0.480 e. The monoisotopic (exact) mass is 268 g/mol. The van der Waals surface area contributed by atoms with E-state index in [1.807, 2.05) is 6.07 Å². The average Bonchev–Trinajstić information content (AvgIpc) is 2.18. The van der Waals surface area contributed by atoms with Crippen LogP contribution in [0.3, 0.4) is 0 Å². The molecule has 78 valence electrons. The maximum Gasteiger partial charge on any atom is 0.325 e. The van der Waals surface area contributed by atoms with Crippen LogP contribution in [0.5, 0.6) is 0 Å². The highest BCUT2D eigenvalue weighted by Gasteiger charge is 2.10. The van der Waals surface area contributed by atoms with Gasteiger partial charge in [0.25, 0.3) is 0 Å². The Morgan fingerprint density at radius 3 is 2.80 bits per heavy atom. The van der Waals surface area contributed by atoms with Crippen molar-refractivity contribution in [3.63, 3.8) is 0 Å². The summed E-state index contributed by atoms with van der Waals surface area (Å²) in [7, 11) is 0. The fraction of sp³-hybridized carbons (Fsp3) is 0.200. The van der Waals surface area contributed by atoms with Gasteiger partial charge in [-0.2, -0.15) is 5.26 Å². The third-order valence-corrected chi connectivity index (χ3v) is 2.50. The molecule has 2 N–H and O–H groups in total. The van der Waals surface area contributed by atoms with Crippen LogP contribution in [0.25, 0.3) is 0 Å². The van der Waals surface area contributed by atoms with Crippen LogP contribution in [-0.4, -0.2) is 17.1 Å². The van der Waals surface area contributed by atoms with Crippen molar-refractivity contribution in [2.75, 3.05) is 5.32 Å². The minimum atomic E-state index is -0.921. The summed E-state index contributed by atoms with van der Waals surface area (Å²) in [6.45, 7) is 1.55. The standard InChI is InChI=1S/C10H9BrN2O2/c1-6(10(14)15)13-8-3-2-7(5-12)9(11)4-8/h2-4,6,13H,1H3,(H,14,15). The molecule has 0 spiro atoms. The fourth-order valence-corrected chi connectivity index (χ4v) is 1.47. The first-order valence-corrected chi connectivity index (χ1v) is 5.03. The number of halogens is 1. The van der Waals surface area contributed by atoms with E-state index in [0.29, 0.717) is 15.7 Å². The number of carbonyl (C=O) groups is 1. The van der Waals surface area contributed by atoms with E-state index in [1.54, 1.807) is 25.1 Å². The van der Waals surface area contributed by atoms with Crippen molar-refractivity contribution >= 4 is 27.6 Å². The molecule has 0 heterocycles. The second-order valence-corrected chi connectivity index (χ2v) is 3.87. The van der Waals surface area contributed by atoms with E-state index < -0.39 is 12.0 Å². The number of carboxylic acids is 1. The second kappa shape index (κ2) is 4.80. The van der Waals surface area contributed by atoms with Crippen molar-refractivity contribution in [3.8, 4) is 6.07 Å². The van der Waals surface area contributed by atoms with Gasteiger partial charge in [-0.3, -0.25) is 4.79 Å². The Morgan fingerprint density at radius 2 is 2.33 bits per heavy atom. The number of nitrogens with zero attached hydrogens (tertiary/aromatic N) is 1. The number of hydrogen-bond donors (Lipinski definition) is 2. The fourth-order valence-electron chi connectivity index (χ4n) is 1.01. The molecule has 0 aliphatic carbocycles. The Kier molecular flexibility index (Phi) is 3.69. The van der Waals surface area contributed by atoms with Crippen LogP contribution in [0.4, 0.5) is 5.69 Å². The normalized spacial score (nSPS) is 11.5. The molecule has 1 atom stereocenters. The minimum Gasteiger partial charge on any atom is -0.480 e. The summed E-state index contributed by atoms with van der Waals surface area (Å²) in [6.07, 6.45) is 0. The number of nitriles is 1. The Morgan fingerprint density at radius 1 is 1.67 bits per heavy atom. The lowest BCUT2D eigenvalue weighted by Crippen LogP contribution is -2.25. The highest BCUT2D eigenvalue weighted by atomic mass is 79.9. The molecule has 0 fully saturated rings. The van der Waals surface area contributed by atoms with Gasteiger partial charge in [0.15, 0.2) is 0 Å². The summed E-state index contributed by atoms with van der Waals surface area (Å²) in [6, 6.07) is 6.32. The zero-order valence-electron chi connectivity index (χ0n) is 7.99. The predicted octanol–water partition coefficient (Wildman–Crippen LogP) is 2.21. The predicted molar refractivity (Wildman–Crippen MR) is 59.6 cm³/mol. The van der Waals surface area contributed by atoms with E-state index in [1.165, 1.54) is 0 Å². The maximum atomic E-state index is 10.6. The first-order valence-electron chi connectivity index (χ1n) is 4.23. The van der Waals surface area contributed by atoms with Gasteiger partial charge in [0.2, 0.25) is 0 Å². The lowest BCUT2D eigenvalue weighted by Gasteiger charge is -2.11. The van der Waals surface area contributed by atoms with E-state index in [9.17, 15) is 4.79 Å². The van der Waals surface area contributed by atoms with Crippen LogP contribution in [0.2, 0.25) is 0 Å². The highest BCUT2D eigenvalue weighted by molar-refractivity contribution is 9.10. The Labute approximate surface area is 95.7 Å². The van der Waals surface area contributed by atoms with Crippen molar-refractivity contribution in [3.05, 3.63) is 28.2 Å². The zero-order chi connectivity index (χ0) is 11.4. The van der Waals surface area contributed by atoms with E-state index in [2.05, 4.69) is 21.2 Å². The quantitative estimate of drug-likeness (QED) is 0.882. The molecule has 4 nitrogen and oxygen atoms in total. The summed E-state index contributed by atoms with van der Waals surface area (Å²) in [5, 5.41) is 20.2. The Bertz CT molecular complexity index is 426. The molecular weight excluding hydrogens is 260 g/mol. The van der Waals surface area contributed by atoms with Crippen molar-refractivity contribution in [1.29, 1.82) is 5.26 Å². The van der Waals surface area contributed by atoms with E-state index in [4.69, 9.17) is 10.4 Å². The molecule has 0 saturated heterocycles. The van der Waals surface area contributed by atoms with Crippen LogP contribution in [0.15, 0.2) is 22.7 Å². The third-order valence-electron chi connectivity index (χ3n) is 1.84. The minimum absolute atomic E-state index is 0.517. The maximum absolute atomic E-state index is 10.6. The van der Waals surface area contributed by atoms with Gasteiger partial charge in [0.1, 0.15) is 12.1 Å². The molecule has 1 aromatic carbocycles. The van der Waals surface area contributed by atoms with Gasteiger partial charge in [-0.1, -0.05) is 0 Å². The lowest BCUT2D eigenvalue weighted by atomic mass is 10.2. The second-order valence-electron chi connectivity index (χ2n) is 3.01. The third kappa shape index (κ3) is 2.96. The highest BCUT2D eigenvalue weighted by Crippen LogP contribution is 2.21. The number of carboxylic acid groups (broad SMARTS) is 1. The number of aliphatic carboxylic acids is 1. The molecule has 0 saturated carbocycles. The zero-order valence-corrected chi connectivity index (χ0v) is 9.58. The van der Waals surface area contributed by atoms with Gasteiger partial charge in [0, 0.05) is 10.2 Å². The molecule has 5 heteroatoms. The van der Waals surface area contributed by atoms with Gasteiger partial charge in [0.05, 0.1) is 5.56 Å². The summed E-state index contributed by atoms with van der Waals surface area (Å²) in [5.41, 5.74) is 1.18. The van der Waals surface area contributed by atoms with Crippen molar-refractivity contribution < 1.29 is 9.90 Å². The summed E-state index contributed by atoms with van der Waals surface area (Å²) < 4.78 is 0.646. The molecule has 1 rings (SSSR count). The Balaban J connectivity index is 2.85. The number of anilines is 1. The van der Waals surface area contributed by atoms with Gasteiger partial charge in [-0.15, -0.1) is 0 Å². The molecule has 0 aromatic heterocycles. The van der Waals surface area contributed by atoms with Gasteiger partial charge < -0.3 is 10.4 Å². The molecule has 1 unspecified atom stereocenters. The van der Waals surface area contributed by atoms with Crippen molar-refractivity contribution in [2.45, 2.75) is 13.0 Å². The van der Waals surface area contributed by atoms with Gasteiger partial charge in [-0.25, -0.2) is 0 Å². The topological polar surface area (TPSA) is 73.1 Å². The number of rotatable bonds is 3. The van der Waals surface area contributed by atoms with Gasteiger partial charge in [-0.05, 0) is 41.1 Å². The number of benzene rings is 1. The van der Waals surface area contributed by atoms with Crippen LogP contribution >= 0.6 is 15.9 Å². The van der Waals surface area contributed by atoms with Crippen LogP contribution in [0, 0.1) is 11.3 Å². The van der Waals surface area contributed by atoms with Crippen LogP contribution in [-0.2, 0) is 4.79 Å². The molecule has 0 bridgehead atoms. The first-order chi connectivity index (χ1) is 7.04. The molecule has 0 amide bonds. The molecular formula is C10H9BrN2O2. The lowest BCUT2D eigenvalue weighted by molar-refractivity contribution is -0.137. The van der Waals surface area contributed by atoms with Crippen LogP contribution < -0.4 is 5.32 Å². The molecule has 1 aromatic rings. The van der Waals surface area contributed by atoms with E-state index in [-0.39, 0.29) is 0 Å². The van der Waals surface area contributed by atoms with Crippen molar-refractivity contribution in [1.82, 2.24) is 0 Å². The summed E-state index contributed by atoms with van der Waals surface area (Å²) in [4.78, 5) is 10.6. The van der Waals surface area contributed by atoms with E-state index >= 15 is 0 Å². The molecule has 0 aliphatic rings. The molecule has 0 radical (unpaired) electrons. The van der Waals surface area contributed by atoms with E-state index in [0.717, 1.165) is 0 Å². The number of hydrogen-bond acceptors (Lipinski definition) is 3. The smallest absolute Gasteiger partial charge is 0.325 e. The Hall–Kier alpha value is -1.54. The van der Waals surface area contributed by atoms with Crippen LogP contribution in [0.1, 0.15) is 12.5 Å². The first kappa shape index (κ1) is 11.5. The number of nitrogens with one attached hydrogen (secondary N) is 1. The van der Waals surface area contributed by atoms with Gasteiger partial charge >= 0.3 is 5.97 Å². The molecule has 15 heavy (non-hydrogen) atoms. The summed E-state index contributed by atoms with van der Waals surface area (Å²) in [5.74, 6) is -0.921.